The average molecular weight is 528 g/mol. The number of likely N-dealkylation sites (N-methyl/N-ethyl adjacent to an activating group) is 1. The summed E-state index contributed by atoms with van der Waals surface area (Å²) in [5, 5.41) is 6.24. The molecule has 1 atom stereocenters. The number of halogens is 3. The molecule has 0 spiro atoms. The zero-order valence-corrected chi connectivity index (χ0v) is 20.2. The van der Waals surface area contributed by atoms with Crippen LogP contribution in [0.25, 0.3) is 0 Å². The second-order valence-electron chi connectivity index (χ2n) is 6.57. The van der Waals surface area contributed by atoms with E-state index in [0.29, 0.717) is 38.9 Å². The van der Waals surface area contributed by atoms with E-state index in [1.807, 2.05) is 0 Å². The third kappa shape index (κ3) is 11.1. The smallest absolute Gasteiger partial charge is 0.191 e. The van der Waals surface area contributed by atoms with Crippen LogP contribution in [-0.4, -0.2) is 71.5 Å². The normalized spacial score (nSPS) is 12.6. The first-order valence-electron chi connectivity index (χ1n) is 9.71. The molecule has 0 aliphatic heterocycles. The first-order valence-corrected chi connectivity index (χ1v) is 9.71. The summed E-state index contributed by atoms with van der Waals surface area (Å²) in [6.07, 6.45) is 2.18. The maximum absolute atomic E-state index is 14.1. The van der Waals surface area contributed by atoms with Gasteiger partial charge in [-0.25, -0.2) is 8.78 Å². The topological polar surface area (TPSA) is 58.1 Å². The number of aliphatic imine (C=N–C) groups is 1. The van der Waals surface area contributed by atoms with Gasteiger partial charge in [-0.1, -0.05) is 19.4 Å². The Bertz CT molecular complexity index is 571. The Morgan fingerprint density at radius 3 is 2.24 bits per heavy atom. The van der Waals surface area contributed by atoms with Crippen molar-refractivity contribution in [3.05, 3.63) is 35.4 Å². The minimum Gasteiger partial charge on any atom is -0.379 e. The largest absolute Gasteiger partial charge is 0.379 e. The Kier molecular flexibility index (Phi) is 16.1. The van der Waals surface area contributed by atoms with Crippen LogP contribution >= 0.6 is 24.0 Å². The van der Waals surface area contributed by atoms with Crippen molar-refractivity contribution in [2.24, 2.45) is 4.99 Å². The molecule has 0 saturated heterocycles. The van der Waals surface area contributed by atoms with E-state index < -0.39 is 17.7 Å². The second-order valence-corrected chi connectivity index (χ2v) is 6.57. The first kappa shape index (κ1) is 28.0. The molecule has 168 valence electrons. The molecule has 1 rings (SSSR count). The fraction of sp³-hybridized carbons (Fsp3) is 0.650. The molecular weight excluding hydrogens is 493 g/mol. The number of ether oxygens (including phenoxy) is 2. The molecule has 1 aromatic rings. The summed E-state index contributed by atoms with van der Waals surface area (Å²) in [5.74, 6) is -0.567. The minimum absolute atomic E-state index is 0. The van der Waals surface area contributed by atoms with Gasteiger partial charge < -0.3 is 25.0 Å². The molecule has 2 N–H and O–H groups in total. The van der Waals surface area contributed by atoms with Gasteiger partial charge in [-0.15, -0.1) is 24.0 Å². The molecular formula is C20H35F2IN4O2. The lowest BCUT2D eigenvalue weighted by atomic mass is 10.0. The van der Waals surface area contributed by atoms with Crippen LogP contribution in [0.5, 0.6) is 0 Å². The van der Waals surface area contributed by atoms with Crippen LogP contribution in [-0.2, 0) is 9.47 Å². The molecule has 0 amide bonds. The van der Waals surface area contributed by atoms with Crippen LogP contribution in [0.3, 0.4) is 0 Å². The highest BCUT2D eigenvalue weighted by atomic mass is 127. The van der Waals surface area contributed by atoms with E-state index in [1.54, 1.807) is 26.0 Å². The van der Waals surface area contributed by atoms with Crippen molar-refractivity contribution >= 4 is 29.9 Å². The van der Waals surface area contributed by atoms with Crippen LogP contribution in [0.1, 0.15) is 31.4 Å². The van der Waals surface area contributed by atoms with Gasteiger partial charge in [0, 0.05) is 32.3 Å². The zero-order valence-electron chi connectivity index (χ0n) is 17.8. The quantitative estimate of drug-likeness (QED) is 0.178. The van der Waals surface area contributed by atoms with Gasteiger partial charge in [-0.05, 0) is 32.6 Å². The Morgan fingerprint density at radius 2 is 1.69 bits per heavy atom. The predicted octanol–water partition coefficient (Wildman–Crippen LogP) is 3.18. The molecule has 0 fully saturated rings. The zero-order chi connectivity index (χ0) is 20.8. The first-order chi connectivity index (χ1) is 13.5. The summed E-state index contributed by atoms with van der Waals surface area (Å²) in [6, 6.07) is 3.43. The van der Waals surface area contributed by atoms with Gasteiger partial charge in [0.1, 0.15) is 11.6 Å². The summed E-state index contributed by atoms with van der Waals surface area (Å²) in [6.45, 7) is 5.41. The van der Waals surface area contributed by atoms with Crippen LogP contribution < -0.4 is 10.6 Å². The van der Waals surface area contributed by atoms with Gasteiger partial charge in [0.2, 0.25) is 0 Å². The van der Waals surface area contributed by atoms with E-state index >= 15 is 0 Å². The summed E-state index contributed by atoms with van der Waals surface area (Å²) < 4.78 is 39.2. The van der Waals surface area contributed by atoms with Gasteiger partial charge in [0.05, 0.1) is 25.9 Å². The molecule has 29 heavy (non-hydrogen) atoms. The van der Waals surface area contributed by atoms with E-state index in [0.717, 1.165) is 19.4 Å². The van der Waals surface area contributed by atoms with Crippen LogP contribution in [0.2, 0.25) is 0 Å². The van der Waals surface area contributed by atoms with E-state index in [9.17, 15) is 8.78 Å². The number of benzene rings is 1. The highest BCUT2D eigenvalue weighted by molar-refractivity contribution is 14.0. The molecule has 1 unspecified atom stereocenters. The van der Waals surface area contributed by atoms with Gasteiger partial charge in [-0.2, -0.15) is 0 Å². The van der Waals surface area contributed by atoms with Gasteiger partial charge in [0.15, 0.2) is 5.96 Å². The Hall–Kier alpha value is -1.04. The Morgan fingerprint density at radius 1 is 1.07 bits per heavy atom. The van der Waals surface area contributed by atoms with Crippen LogP contribution in [0.4, 0.5) is 8.78 Å². The fourth-order valence-electron chi connectivity index (χ4n) is 2.60. The van der Waals surface area contributed by atoms with Gasteiger partial charge in [0.25, 0.3) is 0 Å². The lowest BCUT2D eigenvalue weighted by Crippen LogP contribution is -2.43. The van der Waals surface area contributed by atoms with Crippen molar-refractivity contribution in [3.63, 3.8) is 0 Å². The number of hydrogen-bond donors (Lipinski definition) is 2. The number of nitrogens with one attached hydrogen (secondary N) is 2. The molecule has 0 aliphatic carbocycles. The summed E-state index contributed by atoms with van der Waals surface area (Å²) in [4.78, 5) is 5.90. The molecule has 0 heterocycles. The van der Waals surface area contributed by atoms with Crippen molar-refractivity contribution in [3.8, 4) is 0 Å². The molecule has 0 aliphatic rings. The highest BCUT2D eigenvalue weighted by Gasteiger charge is 2.22. The maximum atomic E-state index is 14.1. The summed E-state index contributed by atoms with van der Waals surface area (Å²) in [7, 11) is 5.21. The molecule has 9 heteroatoms. The van der Waals surface area contributed by atoms with E-state index in [-0.39, 0.29) is 29.5 Å². The summed E-state index contributed by atoms with van der Waals surface area (Å²) in [5.41, 5.74) is 0.0434. The standard InChI is InChI=1S/C20H34F2N4O2.HI/c1-5-6-11-27-13-14-28-12-10-24-20(23-2)25-15-18(26(3)4)19-16(21)8-7-9-17(19)22;/h7-9,18H,5-6,10-15H2,1-4H3,(H2,23,24,25);1H. The highest BCUT2D eigenvalue weighted by Crippen LogP contribution is 2.23. The number of unbranched alkanes of at least 4 members (excludes halogenated alkanes) is 1. The van der Waals surface area contributed by atoms with Crippen LogP contribution in [0, 0.1) is 11.6 Å². The minimum atomic E-state index is -0.557. The van der Waals surface area contributed by atoms with Gasteiger partial charge >= 0.3 is 0 Å². The van der Waals surface area contributed by atoms with Gasteiger partial charge in [-0.3, -0.25) is 4.99 Å². The van der Waals surface area contributed by atoms with E-state index in [2.05, 4.69) is 22.5 Å². The Balaban J connectivity index is 0.00000784. The molecule has 1 aromatic carbocycles. The van der Waals surface area contributed by atoms with Crippen molar-refractivity contribution in [1.29, 1.82) is 0 Å². The molecule has 0 aromatic heterocycles. The van der Waals surface area contributed by atoms with Crippen molar-refractivity contribution in [1.82, 2.24) is 15.5 Å². The maximum Gasteiger partial charge on any atom is 0.191 e. The monoisotopic (exact) mass is 528 g/mol. The molecule has 0 bridgehead atoms. The number of guanidine groups is 1. The third-order valence-electron chi connectivity index (χ3n) is 4.20. The van der Waals surface area contributed by atoms with Crippen molar-refractivity contribution in [2.75, 3.05) is 60.7 Å². The second kappa shape index (κ2) is 16.7. The molecule has 0 radical (unpaired) electrons. The lowest BCUT2D eigenvalue weighted by Gasteiger charge is -2.26. The lowest BCUT2D eigenvalue weighted by molar-refractivity contribution is 0.0487. The average Bonchev–Trinajstić information content (AvgIpc) is 2.66. The van der Waals surface area contributed by atoms with Crippen molar-refractivity contribution < 1.29 is 18.3 Å². The third-order valence-corrected chi connectivity index (χ3v) is 4.20. The van der Waals surface area contributed by atoms with Crippen molar-refractivity contribution in [2.45, 2.75) is 25.8 Å². The van der Waals surface area contributed by atoms with E-state index in [4.69, 9.17) is 9.47 Å². The van der Waals surface area contributed by atoms with E-state index in [1.165, 1.54) is 18.2 Å². The molecule has 6 nitrogen and oxygen atoms in total. The Labute approximate surface area is 190 Å². The van der Waals surface area contributed by atoms with Crippen LogP contribution in [0.15, 0.2) is 23.2 Å². The number of rotatable bonds is 13. The fourth-order valence-corrected chi connectivity index (χ4v) is 2.60. The molecule has 0 saturated carbocycles. The number of nitrogens with zero attached hydrogens (tertiary/aromatic N) is 2. The SMILES string of the molecule is CCCCOCCOCCNC(=NC)NCC(c1c(F)cccc1F)N(C)C.I. The number of hydrogen-bond acceptors (Lipinski definition) is 4. The summed E-state index contributed by atoms with van der Waals surface area (Å²) >= 11 is 0. The predicted molar refractivity (Wildman–Crippen MR) is 124 cm³/mol.